The van der Waals surface area contributed by atoms with E-state index >= 15 is 0 Å². The Morgan fingerprint density at radius 3 is 1.56 bits per heavy atom. The molecule has 3 aromatic rings. The van der Waals surface area contributed by atoms with Crippen LogP contribution in [0.1, 0.15) is 0 Å². The van der Waals surface area contributed by atoms with Crippen molar-refractivity contribution in [3.8, 4) is 0 Å². The standard InChI is InChI=1S/C12H8S.O2S/c1-3-7-11-9(5-1)10-6-2-4-8-12(10)13-11;1-3-2/h1-8H;. The fourth-order valence-corrected chi connectivity index (χ4v) is 2.78. The highest BCUT2D eigenvalue weighted by molar-refractivity contribution is 7.51. The van der Waals surface area contributed by atoms with Crippen molar-refractivity contribution in [1.82, 2.24) is 0 Å². The van der Waals surface area contributed by atoms with Gasteiger partial charge in [-0.2, -0.15) is 8.42 Å². The molecule has 0 aliphatic heterocycles. The third-order valence-electron chi connectivity index (χ3n) is 2.28. The van der Waals surface area contributed by atoms with E-state index < -0.39 is 11.6 Å². The first-order chi connectivity index (χ1) is 7.86. The Morgan fingerprint density at radius 1 is 0.750 bits per heavy atom. The van der Waals surface area contributed by atoms with Crippen LogP contribution in [-0.2, 0) is 11.6 Å². The zero-order valence-corrected chi connectivity index (χ0v) is 9.88. The maximum Gasteiger partial charge on any atom is 0.335 e. The minimum absolute atomic E-state index is 0.750. The summed E-state index contributed by atoms with van der Waals surface area (Å²) >= 11 is 1.11. The van der Waals surface area contributed by atoms with Gasteiger partial charge in [-0.15, -0.1) is 11.3 Å². The maximum atomic E-state index is 8.29. The van der Waals surface area contributed by atoms with Crippen LogP contribution in [0.25, 0.3) is 20.2 Å². The van der Waals surface area contributed by atoms with Crippen molar-refractivity contribution in [2.45, 2.75) is 0 Å². The molecule has 0 aliphatic carbocycles. The molecule has 0 spiro atoms. The molecule has 2 aromatic carbocycles. The highest BCUT2D eigenvalue weighted by Gasteiger charge is 2.01. The molecule has 16 heavy (non-hydrogen) atoms. The summed E-state index contributed by atoms with van der Waals surface area (Å²) in [6.07, 6.45) is 0. The molecule has 0 unspecified atom stereocenters. The number of hydrogen-bond acceptors (Lipinski definition) is 3. The Kier molecular flexibility index (Phi) is 3.44. The number of hydrogen-bond donors (Lipinski definition) is 0. The minimum atomic E-state index is -0.750. The molecular formula is C12H8O2S2. The molecule has 0 atom stereocenters. The lowest BCUT2D eigenvalue weighted by molar-refractivity contribution is 0.630. The monoisotopic (exact) mass is 248 g/mol. The summed E-state index contributed by atoms with van der Waals surface area (Å²) in [5.41, 5.74) is 0. The molecule has 4 heteroatoms. The van der Waals surface area contributed by atoms with E-state index in [-0.39, 0.29) is 0 Å². The average molecular weight is 248 g/mol. The van der Waals surface area contributed by atoms with E-state index in [9.17, 15) is 0 Å². The largest absolute Gasteiger partial charge is 0.335 e. The van der Waals surface area contributed by atoms with Gasteiger partial charge in [0.05, 0.1) is 0 Å². The third kappa shape index (κ3) is 2.03. The molecule has 80 valence electrons. The van der Waals surface area contributed by atoms with Gasteiger partial charge in [0, 0.05) is 20.2 Å². The molecule has 1 heterocycles. The summed E-state index contributed by atoms with van der Waals surface area (Å²) in [7, 11) is 0. The lowest BCUT2D eigenvalue weighted by atomic mass is 10.2. The van der Waals surface area contributed by atoms with Gasteiger partial charge in [0.2, 0.25) is 0 Å². The number of rotatable bonds is 0. The van der Waals surface area contributed by atoms with Gasteiger partial charge in [-0.25, -0.2) is 0 Å². The summed E-state index contributed by atoms with van der Waals surface area (Å²) < 4.78 is 19.3. The van der Waals surface area contributed by atoms with Crippen molar-refractivity contribution in [2.24, 2.45) is 0 Å². The predicted octanol–water partition coefficient (Wildman–Crippen LogP) is 3.38. The van der Waals surface area contributed by atoms with Crippen LogP contribution in [0.4, 0.5) is 0 Å². The summed E-state index contributed by atoms with van der Waals surface area (Å²) in [5.74, 6) is 0. The van der Waals surface area contributed by atoms with Crippen LogP contribution in [0.2, 0.25) is 0 Å². The highest BCUT2D eigenvalue weighted by atomic mass is 32.1. The molecule has 0 aliphatic rings. The zero-order valence-electron chi connectivity index (χ0n) is 8.25. The SMILES string of the molecule is O=S=O.c1ccc2c(c1)sc1ccccc12. The van der Waals surface area contributed by atoms with Gasteiger partial charge in [0.25, 0.3) is 0 Å². The Hall–Kier alpha value is -1.52. The topological polar surface area (TPSA) is 34.1 Å². The quantitative estimate of drug-likeness (QED) is 0.611. The second-order valence-corrected chi connectivity index (χ2v) is 4.38. The lowest BCUT2D eigenvalue weighted by Crippen LogP contribution is -1.62. The van der Waals surface area contributed by atoms with E-state index in [0.717, 1.165) is 0 Å². The van der Waals surface area contributed by atoms with Crippen LogP contribution in [0, 0.1) is 0 Å². The van der Waals surface area contributed by atoms with Crippen molar-refractivity contribution in [3.05, 3.63) is 48.5 Å². The van der Waals surface area contributed by atoms with Gasteiger partial charge in [-0.05, 0) is 12.1 Å². The maximum absolute atomic E-state index is 8.29. The average Bonchev–Trinajstić information content (AvgIpc) is 2.68. The molecular weight excluding hydrogens is 240 g/mol. The fraction of sp³-hybridized carbons (Fsp3) is 0. The van der Waals surface area contributed by atoms with E-state index in [1.165, 1.54) is 20.2 Å². The Bertz CT molecular complexity index is 602. The normalized spacial score (nSPS) is 9.75. The van der Waals surface area contributed by atoms with Gasteiger partial charge in [0.15, 0.2) is 0 Å². The molecule has 0 radical (unpaired) electrons. The molecule has 0 saturated heterocycles. The van der Waals surface area contributed by atoms with Crippen molar-refractivity contribution >= 4 is 43.1 Å². The first kappa shape index (κ1) is 11.0. The van der Waals surface area contributed by atoms with Crippen molar-refractivity contribution < 1.29 is 8.42 Å². The van der Waals surface area contributed by atoms with Crippen molar-refractivity contribution in [1.29, 1.82) is 0 Å². The first-order valence-electron chi connectivity index (χ1n) is 4.65. The van der Waals surface area contributed by atoms with Crippen LogP contribution < -0.4 is 0 Å². The summed E-state index contributed by atoms with van der Waals surface area (Å²) in [6.45, 7) is 0. The fourth-order valence-electron chi connectivity index (χ4n) is 1.67. The van der Waals surface area contributed by atoms with Crippen molar-refractivity contribution in [2.75, 3.05) is 0 Å². The molecule has 0 amide bonds. The van der Waals surface area contributed by atoms with Crippen LogP contribution in [0.3, 0.4) is 0 Å². The number of benzene rings is 2. The predicted molar refractivity (Wildman–Crippen MR) is 68.3 cm³/mol. The first-order valence-corrected chi connectivity index (χ1v) is 6.13. The van der Waals surface area contributed by atoms with Crippen molar-refractivity contribution in [3.63, 3.8) is 0 Å². The van der Waals surface area contributed by atoms with Gasteiger partial charge in [-0.1, -0.05) is 36.4 Å². The third-order valence-corrected chi connectivity index (χ3v) is 3.44. The van der Waals surface area contributed by atoms with E-state index in [1.54, 1.807) is 0 Å². The smallest absolute Gasteiger partial charge is 0.168 e. The van der Waals surface area contributed by atoms with Crippen LogP contribution in [0.15, 0.2) is 48.5 Å². The zero-order chi connectivity index (χ0) is 11.4. The lowest BCUT2D eigenvalue weighted by Gasteiger charge is -1.88. The Morgan fingerprint density at radius 2 is 1.12 bits per heavy atom. The molecule has 2 nitrogen and oxygen atoms in total. The number of thiophene rings is 1. The summed E-state index contributed by atoms with van der Waals surface area (Å²) in [4.78, 5) is 0. The van der Waals surface area contributed by atoms with E-state index in [0.29, 0.717) is 0 Å². The summed E-state index contributed by atoms with van der Waals surface area (Å²) in [6, 6.07) is 17.1. The molecule has 1 aromatic heterocycles. The number of fused-ring (bicyclic) bond motifs is 3. The van der Waals surface area contributed by atoms with Crippen LogP contribution in [-0.4, -0.2) is 8.42 Å². The van der Waals surface area contributed by atoms with E-state index in [4.69, 9.17) is 8.42 Å². The second-order valence-electron chi connectivity index (χ2n) is 3.16. The Labute approximate surface area is 100 Å². The van der Waals surface area contributed by atoms with Gasteiger partial charge in [-0.3, -0.25) is 0 Å². The Balaban J connectivity index is 0.000000292. The molecule has 0 bridgehead atoms. The van der Waals surface area contributed by atoms with E-state index in [1.807, 2.05) is 11.3 Å². The molecule has 0 saturated carbocycles. The van der Waals surface area contributed by atoms with Crippen LogP contribution >= 0.6 is 11.3 Å². The second kappa shape index (κ2) is 5.01. The molecule has 0 fully saturated rings. The van der Waals surface area contributed by atoms with Gasteiger partial charge < -0.3 is 0 Å². The van der Waals surface area contributed by atoms with Gasteiger partial charge in [0.1, 0.15) is 0 Å². The van der Waals surface area contributed by atoms with E-state index in [2.05, 4.69) is 48.5 Å². The highest BCUT2D eigenvalue weighted by Crippen LogP contribution is 2.32. The molecule has 3 rings (SSSR count). The van der Waals surface area contributed by atoms with Crippen LogP contribution in [0.5, 0.6) is 0 Å². The molecule has 0 N–H and O–H groups in total. The minimum Gasteiger partial charge on any atom is -0.168 e. The summed E-state index contributed by atoms with van der Waals surface area (Å²) in [5, 5.41) is 2.76. The van der Waals surface area contributed by atoms with Gasteiger partial charge >= 0.3 is 11.6 Å².